The van der Waals surface area contributed by atoms with Gasteiger partial charge in [0.25, 0.3) is 0 Å². The van der Waals surface area contributed by atoms with Crippen molar-refractivity contribution in [2.24, 2.45) is 0 Å². The Morgan fingerprint density at radius 1 is 1.21 bits per heavy atom. The molecule has 1 aromatic heterocycles. The summed E-state index contributed by atoms with van der Waals surface area (Å²) in [6.45, 7) is 2.64. The molecule has 0 radical (unpaired) electrons. The number of fused-ring (bicyclic) bond motifs is 1. The molecule has 1 fully saturated rings. The van der Waals surface area contributed by atoms with Crippen LogP contribution in [0, 0.1) is 11.3 Å². The number of anilines is 1. The van der Waals surface area contributed by atoms with Crippen LogP contribution in [0.5, 0.6) is 0 Å². The molecule has 2 aromatic rings. The third kappa shape index (κ3) is 3.98. The molecule has 1 saturated heterocycles. The number of carbonyl (C=O) groups is 1. The summed E-state index contributed by atoms with van der Waals surface area (Å²) in [5.74, 6) is 0.688. The summed E-state index contributed by atoms with van der Waals surface area (Å²) in [6.07, 6.45) is 4.14. The number of pyridine rings is 1. The van der Waals surface area contributed by atoms with Crippen LogP contribution < -0.4 is 10.2 Å². The number of amides is 2. The molecule has 1 aromatic carbocycles. The van der Waals surface area contributed by atoms with E-state index in [2.05, 4.69) is 21.3 Å². The average Bonchev–Trinajstić information content (AvgIpc) is 2.98. The van der Waals surface area contributed by atoms with Gasteiger partial charge in [0.15, 0.2) is 0 Å². The molecule has 4 rings (SSSR count). The lowest BCUT2D eigenvalue weighted by molar-refractivity contribution is 0.197. The summed E-state index contributed by atoms with van der Waals surface area (Å²) in [7, 11) is 0. The van der Waals surface area contributed by atoms with Gasteiger partial charge in [0.05, 0.1) is 21.7 Å². The molecule has 2 amide bonds. The third-order valence-electron chi connectivity index (χ3n) is 5.58. The Bertz CT molecular complexity index is 974. The minimum absolute atomic E-state index is 0.0485. The summed E-state index contributed by atoms with van der Waals surface area (Å²) in [5.41, 5.74) is 2.64. The summed E-state index contributed by atoms with van der Waals surface area (Å²) in [4.78, 5) is 21.2. The van der Waals surface area contributed by atoms with Crippen LogP contribution in [0.3, 0.4) is 0 Å². The van der Waals surface area contributed by atoms with Gasteiger partial charge in [-0.25, -0.2) is 9.78 Å². The standard InChI is InChI=1S/C21H21Cl2N5O/c22-17-6-4-15-16(19(17)23)5-7-18(15)26-21(29)28-10-2-9-27(11-12-28)20-14(13-24)3-1-8-25-20/h1,3-4,6,8,18H,2,5,7,9-12H2,(H,26,29). The van der Waals surface area contributed by atoms with Gasteiger partial charge in [-0.1, -0.05) is 29.3 Å². The SMILES string of the molecule is N#Cc1cccnc1N1CCCN(C(=O)NC2CCc3c2ccc(Cl)c3Cl)CC1. The summed E-state index contributed by atoms with van der Waals surface area (Å²) >= 11 is 12.4. The topological polar surface area (TPSA) is 72.3 Å². The maximum atomic E-state index is 12.9. The van der Waals surface area contributed by atoms with E-state index in [1.165, 1.54) is 0 Å². The first-order valence-electron chi connectivity index (χ1n) is 9.70. The summed E-state index contributed by atoms with van der Waals surface area (Å²) in [6, 6.07) is 9.35. The van der Waals surface area contributed by atoms with Crippen molar-refractivity contribution in [3.05, 3.63) is 57.2 Å². The van der Waals surface area contributed by atoms with Gasteiger partial charge >= 0.3 is 6.03 Å². The Balaban J connectivity index is 1.41. The predicted octanol–water partition coefficient (Wildman–Crippen LogP) is 4.17. The number of benzene rings is 1. The first-order valence-corrected chi connectivity index (χ1v) is 10.5. The normalized spacial score (nSPS) is 18.7. The van der Waals surface area contributed by atoms with Crippen molar-refractivity contribution >= 4 is 35.1 Å². The van der Waals surface area contributed by atoms with Crippen LogP contribution in [0.2, 0.25) is 10.0 Å². The smallest absolute Gasteiger partial charge is 0.317 e. The highest BCUT2D eigenvalue weighted by Crippen LogP contribution is 2.39. The molecule has 2 heterocycles. The van der Waals surface area contributed by atoms with Crippen LogP contribution in [-0.2, 0) is 6.42 Å². The van der Waals surface area contributed by atoms with Crippen LogP contribution >= 0.6 is 23.2 Å². The highest BCUT2D eigenvalue weighted by molar-refractivity contribution is 6.42. The number of nitrogens with zero attached hydrogens (tertiary/aromatic N) is 4. The van der Waals surface area contributed by atoms with E-state index in [4.69, 9.17) is 23.2 Å². The monoisotopic (exact) mass is 429 g/mol. The average molecular weight is 430 g/mol. The molecule has 0 saturated carbocycles. The predicted molar refractivity (Wildman–Crippen MR) is 113 cm³/mol. The molecule has 2 aliphatic rings. The molecule has 1 atom stereocenters. The van der Waals surface area contributed by atoms with Gasteiger partial charge in [-0.05, 0) is 48.6 Å². The molecular weight excluding hydrogens is 409 g/mol. The van der Waals surface area contributed by atoms with Crippen molar-refractivity contribution in [3.8, 4) is 6.07 Å². The third-order valence-corrected chi connectivity index (χ3v) is 6.42. The van der Waals surface area contributed by atoms with Crippen LogP contribution in [-0.4, -0.2) is 42.1 Å². The zero-order valence-electron chi connectivity index (χ0n) is 15.9. The van der Waals surface area contributed by atoms with Crippen molar-refractivity contribution in [3.63, 3.8) is 0 Å². The quantitative estimate of drug-likeness (QED) is 0.777. The molecule has 29 heavy (non-hydrogen) atoms. The first kappa shape index (κ1) is 19.8. The number of rotatable bonds is 2. The van der Waals surface area contributed by atoms with E-state index in [0.29, 0.717) is 41.1 Å². The fraction of sp³-hybridized carbons (Fsp3) is 0.381. The summed E-state index contributed by atoms with van der Waals surface area (Å²) in [5, 5.41) is 13.6. The molecule has 1 N–H and O–H groups in total. The largest absolute Gasteiger partial charge is 0.354 e. The molecule has 0 spiro atoms. The van der Waals surface area contributed by atoms with Gasteiger partial charge in [-0.2, -0.15) is 5.26 Å². The number of hydrogen-bond donors (Lipinski definition) is 1. The molecule has 6 nitrogen and oxygen atoms in total. The van der Waals surface area contributed by atoms with E-state index in [0.717, 1.165) is 36.9 Å². The number of hydrogen-bond acceptors (Lipinski definition) is 4. The van der Waals surface area contributed by atoms with E-state index < -0.39 is 0 Å². The van der Waals surface area contributed by atoms with Crippen molar-refractivity contribution < 1.29 is 4.79 Å². The van der Waals surface area contributed by atoms with E-state index in [9.17, 15) is 10.1 Å². The number of halogens is 2. The fourth-order valence-corrected chi connectivity index (χ4v) is 4.53. The van der Waals surface area contributed by atoms with Crippen LogP contribution in [0.4, 0.5) is 10.6 Å². The highest BCUT2D eigenvalue weighted by Gasteiger charge is 2.29. The maximum absolute atomic E-state index is 12.9. The van der Waals surface area contributed by atoms with E-state index in [-0.39, 0.29) is 12.1 Å². The van der Waals surface area contributed by atoms with Gasteiger partial charge in [-0.15, -0.1) is 0 Å². The summed E-state index contributed by atoms with van der Waals surface area (Å²) < 4.78 is 0. The number of nitriles is 1. The highest BCUT2D eigenvalue weighted by atomic mass is 35.5. The Morgan fingerprint density at radius 2 is 2.07 bits per heavy atom. The maximum Gasteiger partial charge on any atom is 0.317 e. The first-order chi connectivity index (χ1) is 14.1. The second-order valence-corrected chi connectivity index (χ2v) is 8.07. The van der Waals surface area contributed by atoms with Crippen LogP contribution in [0.15, 0.2) is 30.5 Å². The van der Waals surface area contributed by atoms with E-state index in [1.54, 1.807) is 24.4 Å². The number of nitrogens with one attached hydrogen (secondary N) is 1. The molecule has 0 bridgehead atoms. The molecule has 1 aliphatic carbocycles. The lowest BCUT2D eigenvalue weighted by Gasteiger charge is -2.25. The Hall–Kier alpha value is -2.49. The van der Waals surface area contributed by atoms with Gasteiger partial charge < -0.3 is 15.1 Å². The number of urea groups is 1. The molecule has 8 heteroatoms. The van der Waals surface area contributed by atoms with Crippen molar-refractivity contribution in [1.29, 1.82) is 5.26 Å². The minimum atomic E-state index is -0.0719. The van der Waals surface area contributed by atoms with Gasteiger partial charge in [0, 0.05) is 32.4 Å². The molecule has 1 unspecified atom stereocenters. The van der Waals surface area contributed by atoms with Crippen molar-refractivity contribution in [2.75, 3.05) is 31.1 Å². The van der Waals surface area contributed by atoms with Crippen LogP contribution in [0.1, 0.15) is 35.6 Å². The lowest BCUT2D eigenvalue weighted by atomic mass is 10.1. The zero-order chi connectivity index (χ0) is 20.4. The Morgan fingerprint density at radius 3 is 2.90 bits per heavy atom. The Labute approximate surface area is 180 Å². The van der Waals surface area contributed by atoms with E-state index in [1.807, 2.05) is 11.0 Å². The number of aromatic nitrogens is 1. The minimum Gasteiger partial charge on any atom is -0.354 e. The zero-order valence-corrected chi connectivity index (χ0v) is 17.4. The van der Waals surface area contributed by atoms with E-state index >= 15 is 0 Å². The van der Waals surface area contributed by atoms with Crippen molar-refractivity contribution in [1.82, 2.24) is 15.2 Å². The van der Waals surface area contributed by atoms with Crippen molar-refractivity contribution in [2.45, 2.75) is 25.3 Å². The molecule has 1 aliphatic heterocycles. The molecular formula is C21H21Cl2N5O. The molecule has 150 valence electrons. The Kier molecular flexibility index (Phi) is 5.79. The fourth-order valence-electron chi connectivity index (χ4n) is 4.09. The lowest BCUT2D eigenvalue weighted by Crippen LogP contribution is -2.43. The van der Waals surface area contributed by atoms with Gasteiger partial charge in [0.2, 0.25) is 0 Å². The second kappa shape index (κ2) is 8.48. The van der Waals surface area contributed by atoms with Gasteiger partial charge in [0.1, 0.15) is 11.9 Å². The van der Waals surface area contributed by atoms with Crippen LogP contribution in [0.25, 0.3) is 0 Å². The number of carbonyl (C=O) groups excluding carboxylic acids is 1. The van der Waals surface area contributed by atoms with Gasteiger partial charge in [-0.3, -0.25) is 0 Å². The second-order valence-electron chi connectivity index (χ2n) is 7.28.